The summed E-state index contributed by atoms with van der Waals surface area (Å²) in [5.74, 6) is 1.69. The number of non-ortho nitro benzene ring substituents is 1. The Morgan fingerprint density at radius 1 is 0.912 bits per heavy atom. The first-order valence-electron chi connectivity index (χ1n) is 10.8. The lowest BCUT2D eigenvalue weighted by molar-refractivity contribution is -0.590. The molecule has 0 radical (unpaired) electrons. The van der Waals surface area contributed by atoms with Gasteiger partial charge < -0.3 is 21.9 Å². The summed E-state index contributed by atoms with van der Waals surface area (Å²) in [6.45, 7) is 6.33. The number of nitrogens with zero attached hydrogens (tertiary/aromatic N) is 2. The van der Waals surface area contributed by atoms with Gasteiger partial charge in [0.15, 0.2) is 17.2 Å². The minimum atomic E-state index is -0.370. The summed E-state index contributed by atoms with van der Waals surface area (Å²) in [5.41, 5.74) is 4.90. The fraction of sp³-hybridized carbons (Fsp3) is 0.222. The molecule has 1 heterocycles. The number of rotatable bonds is 6. The van der Waals surface area contributed by atoms with Crippen LogP contribution in [0.1, 0.15) is 31.0 Å². The number of hydrogen-bond acceptors (Lipinski definition) is 4. The van der Waals surface area contributed by atoms with Gasteiger partial charge in [-0.3, -0.25) is 10.1 Å². The smallest absolute Gasteiger partial charge is 0.276 e. The molecule has 0 aliphatic rings. The van der Waals surface area contributed by atoms with Gasteiger partial charge in [-0.1, -0.05) is 26.0 Å². The van der Waals surface area contributed by atoms with Gasteiger partial charge in [0.2, 0.25) is 11.4 Å². The SMILES string of the molecule is COc1cc2cc(C)[n+](-c3cccc([N+](=O)[O-])c3)c(-c3ccc(C(C)C)cc3)c2cc1OC.[Cl-]. The molecule has 0 saturated carbocycles. The number of aromatic nitrogens is 1. The monoisotopic (exact) mass is 478 g/mol. The Balaban J connectivity index is 0.00000324. The molecule has 0 unspecified atom stereocenters. The van der Waals surface area contributed by atoms with E-state index in [1.54, 1.807) is 26.4 Å². The quantitative estimate of drug-likeness (QED) is 0.242. The summed E-state index contributed by atoms with van der Waals surface area (Å²) in [4.78, 5) is 11.1. The third kappa shape index (κ3) is 4.54. The zero-order valence-electron chi connectivity index (χ0n) is 19.8. The standard InChI is InChI=1S/C27H27N2O4.ClH/c1-17(2)19-9-11-20(12-10-19)27-24-16-26(33-5)25(32-4)14-21(24)13-18(3)28(27)22-7-6-8-23(15-22)29(30)31;/h6-17H,1-5H3;1H/q+1;/p-1. The lowest BCUT2D eigenvalue weighted by Crippen LogP contribution is -3.00. The molecule has 0 aliphatic carbocycles. The molecule has 0 fully saturated rings. The number of benzene rings is 3. The average molecular weight is 479 g/mol. The van der Waals surface area contributed by atoms with Crippen molar-refractivity contribution in [2.24, 2.45) is 0 Å². The zero-order valence-corrected chi connectivity index (χ0v) is 20.6. The number of fused-ring (bicyclic) bond motifs is 1. The number of halogens is 1. The van der Waals surface area contributed by atoms with Crippen molar-refractivity contribution < 1.29 is 31.4 Å². The molecule has 6 nitrogen and oxygen atoms in total. The molecule has 0 amide bonds. The Labute approximate surface area is 205 Å². The largest absolute Gasteiger partial charge is 1.00 e. The molecule has 7 heteroatoms. The minimum absolute atomic E-state index is 0. The highest BCUT2D eigenvalue weighted by Gasteiger charge is 2.26. The van der Waals surface area contributed by atoms with Crippen molar-refractivity contribution in [1.82, 2.24) is 0 Å². The number of nitro benzene ring substituents is 1. The van der Waals surface area contributed by atoms with Crippen LogP contribution in [-0.4, -0.2) is 19.1 Å². The Morgan fingerprint density at radius 2 is 1.56 bits per heavy atom. The first kappa shape index (κ1) is 25.0. The molecule has 0 N–H and O–H groups in total. The summed E-state index contributed by atoms with van der Waals surface area (Å²) in [6, 6.07) is 21.2. The number of pyridine rings is 1. The van der Waals surface area contributed by atoms with Crippen LogP contribution in [0.15, 0.2) is 66.7 Å². The Bertz CT molecular complexity index is 1350. The topological polar surface area (TPSA) is 65.5 Å². The van der Waals surface area contributed by atoms with Crippen LogP contribution in [0, 0.1) is 17.0 Å². The molecular weight excluding hydrogens is 452 g/mol. The summed E-state index contributed by atoms with van der Waals surface area (Å²) >= 11 is 0. The number of hydrogen-bond donors (Lipinski definition) is 0. The number of ether oxygens (including phenoxy) is 2. The van der Waals surface area contributed by atoms with E-state index in [2.05, 4.69) is 48.7 Å². The van der Waals surface area contributed by atoms with Crippen LogP contribution in [0.3, 0.4) is 0 Å². The van der Waals surface area contributed by atoms with Crippen LogP contribution in [0.2, 0.25) is 0 Å². The van der Waals surface area contributed by atoms with Gasteiger partial charge in [0.05, 0.1) is 30.6 Å². The van der Waals surface area contributed by atoms with Crippen LogP contribution in [-0.2, 0) is 0 Å². The van der Waals surface area contributed by atoms with Gasteiger partial charge in [-0.25, -0.2) is 0 Å². The lowest BCUT2D eigenvalue weighted by atomic mass is 9.97. The molecule has 4 aromatic rings. The van der Waals surface area contributed by atoms with Gasteiger partial charge in [-0.2, -0.15) is 4.57 Å². The van der Waals surface area contributed by atoms with Crippen LogP contribution in [0.4, 0.5) is 5.69 Å². The maximum Gasteiger partial charge on any atom is 0.276 e. The summed E-state index contributed by atoms with van der Waals surface area (Å²) in [6.07, 6.45) is 0. The van der Waals surface area contributed by atoms with Gasteiger partial charge in [0, 0.05) is 30.7 Å². The molecule has 34 heavy (non-hydrogen) atoms. The van der Waals surface area contributed by atoms with Gasteiger partial charge >= 0.3 is 0 Å². The van der Waals surface area contributed by atoms with Crippen molar-refractivity contribution >= 4 is 16.5 Å². The third-order valence-electron chi connectivity index (χ3n) is 5.90. The van der Waals surface area contributed by atoms with Crippen LogP contribution in [0.25, 0.3) is 27.7 Å². The Hall–Kier alpha value is -3.64. The van der Waals surface area contributed by atoms with E-state index in [1.165, 1.54) is 11.6 Å². The van der Waals surface area contributed by atoms with E-state index in [1.807, 2.05) is 25.1 Å². The van der Waals surface area contributed by atoms with E-state index in [0.29, 0.717) is 17.4 Å². The van der Waals surface area contributed by atoms with Crippen molar-refractivity contribution in [2.45, 2.75) is 26.7 Å². The third-order valence-corrected chi connectivity index (χ3v) is 5.90. The normalized spacial score (nSPS) is 10.8. The van der Waals surface area contributed by atoms with E-state index >= 15 is 0 Å². The Kier molecular flexibility index (Phi) is 7.42. The molecule has 3 aromatic carbocycles. The van der Waals surface area contributed by atoms with E-state index in [4.69, 9.17) is 9.47 Å². The maximum atomic E-state index is 11.5. The van der Waals surface area contributed by atoms with Gasteiger partial charge in [-0.15, -0.1) is 0 Å². The Morgan fingerprint density at radius 3 is 2.15 bits per heavy atom. The highest BCUT2D eigenvalue weighted by atomic mass is 35.5. The molecular formula is C27H27ClN2O4. The zero-order chi connectivity index (χ0) is 23.7. The molecule has 0 bridgehead atoms. The fourth-order valence-electron chi connectivity index (χ4n) is 4.19. The fourth-order valence-corrected chi connectivity index (χ4v) is 4.19. The van der Waals surface area contributed by atoms with E-state index in [-0.39, 0.29) is 23.0 Å². The maximum absolute atomic E-state index is 11.5. The van der Waals surface area contributed by atoms with Crippen molar-refractivity contribution in [3.8, 4) is 28.4 Å². The lowest BCUT2D eigenvalue weighted by Gasteiger charge is -2.14. The van der Waals surface area contributed by atoms with Crippen LogP contribution >= 0.6 is 0 Å². The highest BCUT2D eigenvalue weighted by molar-refractivity contribution is 5.95. The van der Waals surface area contributed by atoms with Gasteiger partial charge in [0.25, 0.3) is 5.69 Å². The molecule has 4 rings (SSSR count). The minimum Gasteiger partial charge on any atom is -1.00 e. The second-order valence-corrected chi connectivity index (χ2v) is 8.32. The summed E-state index contributed by atoms with van der Waals surface area (Å²) < 4.78 is 13.2. The molecule has 0 spiro atoms. The van der Waals surface area contributed by atoms with Crippen molar-refractivity contribution in [1.29, 1.82) is 0 Å². The number of methoxy groups -OCH3 is 2. The second kappa shape index (κ2) is 10.1. The number of aryl methyl sites for hydroxylation is 1. The molecule has 0 atom stereocenters. The van der Waals surface area contributed by atoms with E-state index < -0.39 is 0 Å². The number of nitro groups is 1. The predicted octanol–water partition coefficient (Wildman–Crippen LogP) is 3.14. The predicted molar refractivity (Wildman–Crippen MR) is 130 cm³/mol. The summed E-state index contributed by atoms with van der Waals surface area (Å²) in [7, 11) is 3.23. The van der Waals surface area contributed by atoms with Crippen molar-refractivity contribution in [3.05, 3.63) is 88.1 Å². The molecule has 0 saturated heterocycles. The summed E-state index contributed by atoms with van der Waals surface area (Å²) in [5, 5.41) is 13.4. The van der Waals surface area contributed by atoms with E-state index in [0.717, 1.165) is 33.4 Å². The first-order chi connectivity index (χ1) is 15.8. The highest BCUT2D eigenvalue weighted by Crippen LogP contribution is 2.37. The molecule has 176 valence electrons. The second-order valence-electron chi connectivity index (χ2n) is 8.32. The van der Waals surface area contributed by atoms with Crippen molar-refractivity contribution in [2.75, 3.05) is 14.2 Å². The van der Waals surface area contributed by atoms with Crippen molar-refractivity contribution in [3.63, 3.8) is 0 Å². The van der Waals surface area contributed by atoms with Gasteiger partial charge in [0.1, 0.15) is 0 Å². The van der Waals surface area contributed by atoms with Gasteiger partial charge in [-0.05, 0) is 47.2 Å². The molecule has 0 aliphatic heterocycles. The molecule has 1 aromatic heterocycles. The average Bonchev–Trinajstić information content (AvgIpc) is 2.82. The first-order valence-corrected chi connectivity index (χ1v) is 10.8. The van der Waals surface area contributed by atoms with Crippen LogP contribution in [0.5, 0.6) is 11.5 Å². The van der Waals surface area contributed by atoms with E-state index in [9.17, 15) is 10.1 Å². The van der Waals surface area contributed by atoms with Crippen LogP contribution < -0.4 is 26.4 Å².